The molecule has 0 atom stereocenters. The zero-order valence-corrected chi connectivity index (χ0v) is 20.9. The van der Waals surface area contributed by atoms with Gasteiger partial charge in [-0.1, -0.05) is 51.3 Å². The summed E-state index contributed by atoms with van der Waals surface area (Å²) in [5.74, 6) is 1.28. The number of ether oxygens (including phenoxy) is 1. The number of pyridine rings is 1. The SMILES string of the molecule is CCCCC(C)(C)C(=O)CCc1ccc(Cl)c(-c2nc(-c3ccc(OCC)nc3)nc(=O)[nH]2)c1. The first-order chi connectivity index (χ1) is 16.2. The van der Waals surface area contributed by atoms with Crippen LogP contribution in [0.1, 0.15) is 58.9 Å². The van der Waals surface area contributed by atoms with Crippen LogP contribution in [0.3, 0.4) is 0 Å². The van der Waals surface area contributed by atoms with Gasteiger partial charge in [0.1, 0.15) is 11.6 Å². The predicted octanol–water partition coefficient (Wildman–Crippen LogP) is 5.66. The molecule has 8 heteroatoms. The van der Waals surface area contributed by atoms with Crippen molar-refractivity contribution < 1.29 is 9.53 Å². The average Bonchev–Trinajstić information content (AvgIpc) is 2.82. The molecule has 0 amide bonds. The van der Waals surface area contributed by atoms with Crippen molar-refractivity contribution in [3.05, 3.63) is 57.6 Å². The molecule has 2 aromatic heterocycles. The zero-order valence-electron chi connectivity index (χ0n) is 20.2. The molecule has 1 aromatic carbocycles. The number of rotatable bonds is 11. The lowest BCUT2D eigenvalue weighted by molar-refractivity contribution is -0.127. The Morgan fingerprint density at radius 1 is 1.15 bits per heavy atom. The molecule has 0 aliphatic heterocycles. The van der Waals surface area contributed by atoms with Crippen molar-refractivity contribution in [3.8, 4) is 28.7 Å². The van der Waals surface area contributed by atoms with Gasteiger partial charge >= 0.3 is 5.69 Å². The van der Waals surface area contributed by atoms with Crippen LogP contribution >= 0.6 is 11.6 Å². The summed E-state index contributed by atoms with van der Waals surface area (Å²) in [6.45, 7) is 8.55. The second-order valence-corrected chi connectivity index (χ2v) is 9.28. The summed E-state index contributed by atoms with van der Waals surface area (Å²) in [7, 11) is 0. The second-order valence-electron chi connectivity index (χ2n) is 8.87. The number of aryl methyl sites for hydroxylation is 1. The Bertz CT molecular complexity index is 1190. The lowest BCUT2D eigenvalue weighted by Crippen LogP contribution is -2.24. The molecular formula is C26H31ClN4O3. The molecule has 0 radical (unpaired) electrons. The quantitative estimate of drug-likeness (QED) is 0.378. The third-order valence-electron chi connectivity index (χ3n) is 5.77. The van der Waals surface area contributed by atoms with Crippen LogP contribution < -0.4 is 10.4 Å². The van der Waals surface area contributed by atoms with Crippen LogP contribution in [0.15, 0.2) is 41.3 Å². The normalized spacial score (nSPS) is 11.4. The van der Waals surface area contributed by atoms with E-state index in [1.54, 1.807) is 24.4 Å². The summed E-state index contributed by atoms with van der Waals surface area (Å²) in [6, 6.07) is 8.98. The van der Waals surface area contributed by atoms with E-state index in [0.29, 0.717) is 47.3 Å². The Morgan fingerprint density at radius 2 is 1.94 bits per heavy atom. The van der Waals surface area contributed by atoms with Gasteiger partial charge in [0, 0.05) is 35.2 Å². The molecule has 34 heavy (non-hydrogen) atoms. The topological polar surface area (TPSA) is 97.8 Å². The van der Waals surface area contributed by atoms with E-state index in [9.17, 15) is 9.59 Å². The number of halogens is 1. The van der Waals surface area contributed by atoms with E-state index in [4.69, 9.17) is 16.3 Å². The Hall–Kier alpha value is -3.06. The molecule has 0 saturated carbocycles. The van der Waals surface area contributed by atoms with Gasteiger partial charge in [-0.3, -0.25) is 9.78 Å². The average molecular weight is 483 g/mol. The summed E-state index contributed by atoms with van der Waals surface area (Å²) in [4.78, 5) is 40.4. The number of Topliss-reactive ketones (excluding diaryl/α,β-unsaturated/α-hetero) is 1. The molecular weight excluding hydrogens is 452 g/mol. The lowest BCUT2D eigenvalue weighted by Gasteiger charge is -2.22. The Kier molecular flexibility index (Phi) is 8.56. The van der Waals surface area contributed by atoms with E-state index in [1.165, 1.54) is 0 Å². The molecule has 2 heterocycles. The summed E-state index contributed by atoms with van der Waals surface area (Å²) in [6.07, 6.45) is 5.60. The van der Waals surface area contributed by atoms with Crippen molar-refractivity contribution in [3.63, 3.8) is 0 Å². The number of carbonyl (C=O) groups is 1. The van der Waals surface area contributed by atoms with Crippen LogP contribution in [0.4, 0.5) is 0 Å². The molecule has 7 nitrogen and oxygen atoms in total. The molecule has 3 rings (SSSR count). The highest BCUT2D eigenvalue weighted by molar-refractivity contribution is 6.33. The number of benzene rings is 1. The first-order valence-electron chi connectivity index (χ1n) is 11.6. The van der Waals surface area contributed by atoms with Gasteiger partial charge in [0.2, 0.25) is 5.88 Å². The van der Waals surface area contributed by atoms with E-state index in [1.807, 2.05) is 32.9 Å². The van der Waals surface area contributed by atoms with Gasteiger partial charge < -0.3 is 4.74 Å². The van der Waals surface area contributed by atoms with Crippen molar-refractivity contribution in [2.24, 2.45) is 5.41 Å². The first-order valence-corrected chi connectivity index (χ1v) is 12.0. The van der Waals surface area contributed by atoms with Crippen molar-refractivity contribution >= 4 is 17.4 Å². The Labute approximate surface area is 205 Å². The molecule has 0 spiro atoms. The minimum Gasteiger partial charge on any atom is -0.478 e. The van der Waals surface area contributed by atoms with Crippen molar-refractivity contribution in [1.29, 1.82) is 0 Å². The molecule has 180 valence electrons. The highest BCUT2D eigenvalue weighted by atomic mass is 35.5. The standard InChI is InChI=1S/C26H31ClN4O3/c1-5-7-14-26(3,4)21(32)12-9-17-8-11-20(27)19(15-17)24-29-23(30-25(33)31-24)18-10-13-22(28-16-18)34-6-2/h8,10-11,13,15-16H,5-7,9,12,14H2,1-4H3,(H,29,30,31,33). The monoisotopic (exact) mass is 482 g/mol. The van der Waals surface area contributed by atoms with Crippen LogP contribution in [0.25, 0.3) is 22.8 Å². The highest BCUT2D eigenvalue weighted by Crippen LogP contribution is 2.29. The highest BCUT2D eigenvalue weighted by Gasteiger charge is 2.26. The largest absolute Gasteiger partial charge is 0.478 e. The lowest BCUT2D eigenvalue weighted by atomic mass is 9.80. The molecule has 3 aromatic rings. The first kappa shape index (κ1) is 25.6. The van der Waals surface area contributed by atoms with Crippen molar-refractivity contribution in [2.45, 2.75) is 59.8 Å². The van der Waals surface area contributed by atoms with Gasteiger partial charge in [0.05, 0.1) is 11.6 Å². The molecule has 0 saturated heterocycles. The molecule has 0 aliphatic carbocycles. The van der Waals surface area contributed by atoms with Gasteiger partial charge in [-0.15, -0.1) is 0 Å². The minimum atomic E-state index is -0.539. The fourth-order valence-corrected chi connectivity index (χ4v) is 3.86. The number of ketones is 1. The van der Waals surface area contributed by atoms with E-state index >= 15 is 0 Å². The number of nitrogens with zero attached hydrogens (tertiary/aromatic N) is 3. The maximum absolute atomic E-state index is 12.8. The number of H-pyrrole nitrogens is 1. The number of aromatic nitrogens is 4. The third kappa shape index (κ3) is 6.50. The van der Waals surface area contributed by atoms with Crippen LogP contribution in [0, 0.1) is 5.41 Å². The minimum absolute atomic E-state index is 0.239. The van der Waals surface area contributed by atoms with Crippen LogP contribution in [-0.4, -0.2) is 32.3 Å². The number of hydrogen-bond acceptors (Lipinski definition) is 6. The maximum Gasteiger partial charge on any atom is 0.348 e. The van der Waals surface area contributed by atoms with Gasteiger partial charge in [0.15, 0.2) is 5.82 Å². The number of nitrogens with one attached hydrogen (secondary N) is 1. The van der Waals surface area contributed by atoms with Crippen molar-refractivity contribution in [2.75, 3.05) is 6.61 Å². The molecule has 0 bridgehead atoms. The smallest absolute Gasteiger partial charge is 0.348 e. The summed E-state index contributed by atoms with van der Waals surface area (Å²) >= 11 is 6.45. The van der Waals surface area contributed by atoms with Gasteiger partial charge in [-0.2, -0.15) is 4.98 Å². The van der Waals surface area contributed by atoms with Crippen molar-refractivity contribution in [1.82, 2.24) is 19.9 Å². The van der Waals surface area contributed by atoms with E-state index in [2.05, 4.69) is 26.9 Å². The fourth-order valence-electron chi connectivity index (χ4n) is 3.65. The number of carbonyl (C=O) groups excluding carboxylic acids is 1. The van der Waals surface area contributed by atoms with E-state index < -0.39 is 5.69 Å². The molecule has 0 unspecified atom stereocenters. The second kappa shape index (κ2) is 11.4. The Balaban J connectivity index is 1.84. The number of unbranched alkanes of at least 4 members (excludes halogenated alkanes) is 1. The van der Waals surface area contributed by atoms with E-state index in [-0.39, 0.29) is 17.0 Å². The third-order valence-corrected chi connectivity index (χ3v) is 6.10. The summed E-state index contributed by atoms with van der Waals surface area (Å²) in [5, 5.41) is 0.448. The molecule has 1 N–H and O–H groups in total. The molecule has 0 aliphatic rings. The Morgan fingerprint density at radius 3 is 2.62 bits per heavy atom. The van der Waals surface area contributed by atoms with Crippen LogP contribution in [0.2, 0.25) is 5.02 Å². The molecule has 0 fully saturated rings. The van der Waals surface area contributed by atoms with Gasteiger partial charge in [0.25, 0.3) is 0 Å². The van der Waals surface area contributed by atoms with Gasteiger partial charge in [-0.05, 0) is 43.5 Å². The predicted molar refractivity (Wildman–Crippen MR) is 134 cm³/mol. The zero-order chi connectivity index (χ0) is 24.7. The number of aromatic amines is 1. The maximum atomic E-state index is 12.8. The van der Waals surface area contributed by atoms with E-state index in [0.717, 1.165) is 24.8 Å². The van der Waals surface area contributed by atoms with Gasteiger partial charge in [-0.25, -0.2) is 14.8 Å². The van der Waals surface area contributed by atoms with Crippen LogP contribution in [0.5, 0.6) is 5.88 Å². The fraction of sp³-hybridized carbons (Fsp3) is 0.423. The number of hydrogen-bond donors (Lipinski definition) is 1. The summed E-state index contributed by atoms with van der Waals surface area (Å²) in [5.41, 5.74) is 1.24. The summed E-state index contributed by atoms with van der Waals surface area (Å²) < 4.78 is 5.36. The van der Waals surface area contributed by atoms with Crippen LogP contribution in [-0.2, 0) is 11.2 Å².